The van der Waals surface area contributed by atoms with Crippen LogP contribution in [0, 0.1) is 5.82 Å². The van der Waals surface area contributed by atoms with Crippen LogP contribution in [-0.2, 0) is 0 Å². The number of nitrogens with zero attached hydrogens (tertiary/aromatic N) is 2. The third kappa shape index (κ3) is 2.55. The molecular formula is C17H16FN3O3. The van der Waals surface area contributed by atoms with E-state index < -0.39 is 5.97 Å². The van der Waals surface area contributed by atoms with Gasteiger partial charge in [-0.15, -0.1) is 0 Å². The number of anilines is 1. The second kappa shape index (κ2) is 5.43. The van der Waals surface area contributed by atoms with Crippen molar-refractivity contribution in [1.29, 1.82) is 0 Å². The largest absolute Gasteiger partial charge is 0.487 e. The van der Waals surface area contributed by atoms with Gasteiger partial charge in [0.1, 0.15) is 23.0 Å². The van der Waals surface area contributed by atoms with Crippen LogP contribution in [-0.4, -0.2) is 26.6 Å². The maximum absolute atomic E-state index is 13.7. The highest BCUT2D eigenvalue weighted by Crippen LogP contribution is 2.49. The summed E-state index contributed by atoms with van der Waals surface area (Å²) in [4.78, 5) is 18.8. The standard InChI is InChI=1S/C17H16FN3O3/c18-10-2-3-14-11(6-10)12(7-17(24-14)4-1-5-17)21-15-9-19-13(8-20-15)16(22)23/h2-3,6,8-9,12H,1,4-5,7H2,(H,20,21)(H,22,23)/t12-/m0/s1. The summed E-state index contributed by atoms with van der Waals surface area (Å²) in [6, 6.07) is 4.37. The van der Waals surface area contributed by atoms with Gasteiger partial charge >= 0.3 is 5.97 Å². The molecule has 2 aromatic rings. The predicted octanol–water partition coefficient (Wildman–Crippen LogP) is 3.17. The Morgan fingerprint density at radius 3 is 2.79 bits per heavy atom. The lowest BCUT2D eigenvalue weighted by molar-refractivity contribution is -0.0311. The van der Waals surface area contributed by atoms with E-state index in [-0.39, 0.29) is 23.2 Å². The highest BCUT2D eigenvalue weighted by atomic mass is 19.1. The van der Waals surface area contributed by atoms with Gasteiger partial charge in [-0.05, 0) is 37.5 Å². The maximum Gasteiger partial charge on any atom is 0.356 e. The zero-order chi connectivity index (χ0) is 16.7. The van der Waals surface area contributed by atoms with Crippen LogP contribution < -0.4 is 10.1 Å². The van der Waals surface area contributed by atoms with Gasteiger partial charge in [-0.25, -0.2) is 19.2 Å². The molecule has 1 spiro atoms. The number of fused-ring (bicyclic) bond motifs is 1. The molecule has 1 fully saturated rings. The first-order valence-corrected chi connectivity index (χ1v) is 7.85. The third-order valence-corrected chi connectivity index (χ3v) is 4.71. The molecule has 24 heavy (non-hydrogen) atoms. The van der Waals surface area contributed by atoms with E-state index in [1.54, 1.807) is 6.07 Å². The molecule has 7 heteroatoms. The summed E-state index contributed by atoms with van der Waals surface area (Å²) in [5.41, 5.74) is 0.433. The van der Waals surface area contributed by atoms with Gasteiger partial charge in [-0.2, -0.15) is 0 Å². The van der Waals surface area contributed by atoms with Gasteiger partial charge in [0.05, 0.1) is 18.4 Å². The van der Waals surface area contributed by atoms with Crippen molar-refractivity contribution in [3.05, 3.63) is 47.7 Å². The van der Waals surface area contributed by atoms with Crippen molar-refractivity contribution in [2.45, 2.75) is 37.3 Å². The first-order chi connectivity index (χ1) is 11.5. The molecule has 124 valence electrons. The second-order valence-electron chi connectivity index (χ2n) is 6.31. The van der Waals surface area contributed by atoms with Crippen molar-refractivity contribution in [2.24, 2.45) is 0 Å². The summed E-state index contributed by atoms with van der Waals surface area (Å²) in [6.07, 6.45) is 6.38. The quantitative estimate of drug-likeness (QED) is 0.900. The Kier molecular flexibility index (Phi) is 3.37. The van der Waals surface area contributed by atoms with E-state index >= 15 is 0 Å². The Labute approximate surface area is 137 Å². The fraction of sp³-hybridized carbons (Fsp3) is 0.353. The Bertz CT molecular complexity index is 790. The monoisotopic (exact) mass is 329 g/mol. The molecule has 2 aliphatic rings. The average molecular weight is 329 g/mol. The SMILES string of the molecule is O=C(O)c1cnc(N[C@H]2CC3(CCC3)Oc3ccc(F)cc32)cn1. The fourth-order valence-corrected chi connectivity index (χ4v) is 3.34. The summed E-state index contributed by atoms with van der Waals surface area (Å²) in [7, 11) is 0. The number of ether oxygens (including phenoxy) is 1. The first kappa shape index (κ1) is 14.9. The molecule has 1 aromatic heterocycles. The lowest BCUT2D eigenvalue weighted by Gasteiger charge is -2.48. The molecule has 1 atom stereocenters. The summed E-state index contributed by atoms with van der Waals surface area (Å²) in [6.45, 7) is 0. The van der Waals surface area contributed by atoms with Crippen LogP contribution in [0.2, 0.25) is 0 Å². The average Bonchev–Trinajstić information content (AvgIpc) is 2.54. The molecule has 0 amide bonds. The van der Waals surface area contributed by atoms with Crippen LogP contribution in [0.4, 0.5) is 10.2 Å². The molecule has 0 saturated heterocycles. The minimum atomic E-state index is -1.12. The number of hydrogen-bond donors (Lipinski definition) is 2. The van der Waals surface area contributed by atoms with Gasteiger partial charge in [-0.3, -0.25) is 0 Å². The van der Waals surface area contributed by atoms with E-state index in [2.05, 4.69) is 15.3 Å². The number of rotatable bonds is 3. The van der Waals surface area contributed by atoms with Crippen molar-refractivity contribution in [2.75, 3.05) is 5.32 Å². The first-order valence-electron chi connectivity index (χ1n) is 7.85. The van der Waals surface area contributed by atoms with Crippen LogP contribution in [0.15, 0.2) is 30.6 Å². The lowest BCUT2D eigenvalue weighted by Crippen LogP contribution is -2.48. The molecule has 4 rings (SSSR count). The molecule has 0 unspecified atom stereocenters. The number of carbonyl (C=O) groups is 1. The smallest absolute Gasteiger partial charge is 0.356 e. The molecule has 0 radical (unpaired) electrons. The van der Waals surface area contributed by atoms with Crippen molar-refractivity contribution in [1.82, 2.24) is 9.97 Å². The summed E-state index contributed by atoms with van der Waals surface area (Å²) < 4.78 is 19.8. The molecule has 1 aliphatic carbocycles. The van der Waals surface area contributed by atoms with Crippen molar-refractivity contribution in [3.8, 4) is 5.75 Å². The van der Waals surface area contributed by atoms with E-state index in [1.807, 2.05) is 0 Å². The zero-order valence-electron chi connectivity index (χ0n) is 12.8. The van der Waals surface area contributed by atoms with E-state index in [0.29, 0.717) is 18.0 Å². The normalized spacial score (nSPS) is 20.6. The van der Waals surface area contributed by atoms with E-state index in [0.717, 1.165) is 24.8 Å². The number of aromatic carboxylic acids is 1. The number of nitrogens with one attached hydrogen (secondary N) is 1. The molecule has 1 saturated carbocycles. The Balaban J connectivity index is 1.63. The highest BCUT2D eigenvalue weighted by molar-refractivity contribution is 5.84. The molecule has 2 heterocycles. The fourth-order valence-electron chi connectivity index (χ4n) is 3.34. The third-order valence-electron chi connectivity index (χ3n) is 4.71. The molecular weight excluding hydrogens is 313 g/mol. The van der Waals surface area contributed by atoms with E-state index in [1.165, 1.54) is 24.5 Å². The number of hydrogen-bond acceptors (Lipinski definition) is 5. The lowest BCUT2D eigenvalue weighted by atomic mass is 9.73. The summed E-state index contributed by atoms with van der Waals surface area (Å²) >= 11 is 0. The number of carboxylic acid groups (broad SMARTS) is 1. The second-order valence-corrected chi connectivity index (χ2v) is 6.31. The van der Waals surface area contributed by atoms with Crippen LogP contribution in [0.1, 0.15) is 47.8 Å². The van der Waals surface area contributed by atoms with Gasteiger partial charge in [0.15, 0.2) is 5.69 Å². The minimum Gasteiger partial charge on any atom is -0.487 e. The number of carboxylic acids is 1. The molecule has 2 N–H and O–H groups in total. The van der Waals surface area contributed by atoms with Crippen molar-refractivity contribution in [3.63, 3.8) is 0 Å². The maximum atomic E-state index is 13.7. The van der Waals surface area contributed by atoms with Gasteiger partial charge in [0.25, 0.3) is 0 Å². The van der Waals surface area contributed by atoms with Crippen LogP contribution >= 0.6 is 0 Å². The summed E-state index contributed by atoms with van der Waals surface area (Å²) in [5, 5.41) is 12.1. The number of benzene rings is 1. The van der Waals surface area contributed by atoms with Crippen molar-refractivity contribution < 1.29 is 19.0 Å². The minimum absolute atomic E-state index is 0.116. The Hall–Kier alpha value is -2.70. The van der Waals surface area contributed by atoms with Gasteiger partial charge in [-0.1, -0.05) is 0 Å². The molecule has 0 bridgehead atoms. The molecule has 6 nitrogen and oxygen atoms in total. The highest BCUT2D eigenvalue weighted by Gasteiger charge is 2.45. The molecule has 1 aromatic carbocycles. The number of aromatic nitrogens is 2. The van der Waals surface area contributed by atoms with Crippen LogP contribution in [0.25, 0.3) is 0 Å². The van der Waals surface area contributed by atoms with E-state index in [9.17, 15) is 9.18 Å². The predicted molar refractivity (Wildman–Crippen MR) is 83.6 cm³/mol. The zero-order valence-corrected chi connectivity index (χ0v) is 12.8. The Morgan fingerprint density at radius 1 is 1.33 bits per heavy atom. The summed E-state index contributed by atoms with van der Waals surface area (Å²) in [5.74, 6) is -0.298. The number of halogens is 1. The van der Waals surface area contributed by atoms with Crippen LogP contribution in [0.5, 0.6) is 5.75 Å². The van der Waals surface area contributed by atoms with Crippen molar-refractivity contribution >= 4 is 11.8 Å². The van der Waals surface area contributed by atoms with Gasteiger partial charge < -0.3 is 15.2 Å². The molecule has 1 aliphatic heterocycles. The van der Waals surface area contributed by atoms with Crippen LogP contribution in [0.3, 0.4) is 0 Å². The van der Waals surface area contributed by atoms with Gasteiger partial charge in [0, 0.05) is 12.0 Å². The topological polar surface area (TPSA) is 84.3 Å². The van der Waals surface area contributed by atoms with Gasteiger partial charge in [0.2, 0.25) is 0 Å². The Morgan fingerprint density at radius 2 is 2.17 bits per heavy atom. The van der Waals surface area contributed by atoms with E-state index in [4.69, 9.17) is 9.84 Å².